The summed E-state index contributed by atoms with van der Waals surface area (Å²) in [4.78, 5) is 0. The van der Waals surface area contributed by atoms with E-state index in [1.54, 1.807) is 27.7 Å². The SMILES string of the molecule is CCCCCc1cc(OC(C)(C)OP(OC)OC)c(-c2cccc(C)c2)c(OC(C)(C)OP(=O)(OC)OC)c1. The molecule has 0 amide bonds. The van der Waals surface area contributed by atoms with Crippen LogP contribution in [0.1, 0.15) is 65.0 Å². The van der Waals surface area contributed by atoms with E-state index in [1.165, 1.54) is 28.4 Å². The van der Waals surface area contributed by atoms with Crippen LogP contribution in [0.5, 0.6) is 11.5 Å². The van der Waals surface area contributed by atoms with Gasteiger partial charge >= 0.3 is 16.4 Å². The Balaban J connectivity index is 2.70. The lowest BCUT2D eigenvalue weighted by molar-refractivity contribution is -0.101. The maximum atomic E-state index is 12.8. The maximum Gasteiger partial charge on any atom is 0.477 e. The Bertz CT molecular complexity index is 1090. The fraction of sp³-hybridized carbons (Fsp3) is 0.571. The standard InChI is InChI=1S/C28H44O9P2/c1-11-12-13-16-22-19-24(34-27(3,4)36-38(30-7)31-8)26(23-17-14-15-21(2)18-23)25(20-22)35-28(5,6)37-39(29,32-9)33-10/h14-15,17-20H,11-13,16H2,1-10H3. The summed E-state index contributed by atoms with van der Waals surface area (Å²) in [6.07, 6.45) is 4.00. The molecule has 39 heavy (non-hydrogen) atoms. The monoisotopic (exact) mass is 586 g/mol. The van der Waals surface area contributed by atoms with Crippen molar-refractivity contribution in [1.82, 2.24) is 0 Å². The van der Waals surface area contributed by atoms with E-state index in [1.807, 2.05) is 43.3 Å². The highest BCUT2D eigenvalue weighted by molar-refractivity contribution is 7.48. The number of rotatable bonds is 17. The van der Waals surface area contributed by atoms with Gasteiger partial charge in [-0.25, -0.2) is 9.09 Å². The number of ether oxygens (including phenoxy) is 2. The van der Waals surface area contributed by atoms with Gasteiger partial charge < -0.3 is 18.5 Å². The quantitative estimate of drug-likeness (QED) is 0.103. The van der Waals surface area contributed by atoms with Crippen LogP contribution >= 0.6 is 16.4 Å². The van der Waals surface area contributed by atoms with Crippen molar-refractivity contribution in [3.63, 3.8) is 0 Å². The lowest BCUT2D eigenvalue weighted by Gasteiger charge is -2.32. The first-order valence-electron chi connectivity index (χ1n) is 12.9. The molecule has 0 aliphatic rings. The van der Waals surface area contributed by atoms with Gasteiger partial charge in [0.15, 0.2) is 0 Å². The molecule has 2 rings (SSSR count). The van der Waals surface area contributed by atoms with Crippen LogP contribution in [-0.4, -0.2) is 40.0 Å². The third kappa shape index (κ3) is 10.4. The molecular weight excluding hydrogens is 542 g/mol. The molecule has 0 aromatic heterocycles. The van der Waals surface area contributed by atoms with Crippen LogP contribution in [0.2, 0.25) is 0 Å². The second-order valence-corrected chi connectivity index (χ2v) is 13.0. The molecular formula is C28H44O9P2. The number of hydrogen-bond acceptors (Lipinski definition) is 9. The first-order chi connectivity index (χ1) is 18.3. The number of benzene rings is 2. The van der Waals surface area contributed by atoms with E-state index >= 15 is 0 Å². The minimum atomic E-state index is -3.84. The summed E-state index contributed by atoms with van der Waals surface area (Å²) in [5, 5.41) is 0. The molecule has 9 nitrogen and oxygen atoms in total. The van der Waals surface area contributed by atoms with E-state index in [2.05, 4.69) is 6.92 Å². The van der Waals surface area contributed by atoms with Crippen LogP contribution < -0.4 is 9.47 Å². The summed E-state index contributed by atoms with van der Waals surface area (Å²) in [6.45, 7) is 11.1. The van der Waals surface area contributed by atoms with Gasteiger partial charge in [0.05, 0.1) is 5.56 Å². The fourth-order valence-electron chi connectivity index (χ4n) is 3.93. The van der Waals surface area contributed by atoms with Crippen molar-refractivity contribution >= 4 is 16.4 Å². The molecule has 0 atom stereocenters. The molecule has 0 spiro atoms. The minimum absolute atomic E-state index is 0.491. The van der Waals surface area contributed by atoms with E-state index in [4.69, 9.17) is 36.6 Å². The molecule has 0 saturated carbocycles. The van der Waals surface area contributed by atoms with E-state index in [0.29, 0.717) is 17.1 Å². The van der Waals surface area contributed by atoms with E-state index in [-0.39, 0.29) is 0 Å². The first-order valence-corrected chi connectivity index (χ1v) is 15.5. The van der Waals surface area contributed by atoms with Gasteiger partial charge in [-0.2, -0.15) is 0 Å². The Labute approximate surface area is 235 Å². The van der Waals surface area contributed by atoms with Gasteiger partial charge in [-0.3, -0.25) is 13.6 Å². The van der Waals surface area contributed by atoms with Gasteiger partial charge in [0.2, 0.25) is 11.6 Å². The normalized spacial score (nSPS) is 12.7. The summed E-state index contributed by atoms with van der Waals surface area (Å²) >= 11 is 0. The van der Waals surface area contributed by atoms with Crippen molar-refractivity contribution in [3.05, 3.63) is 47.5 Å². The van der Waals surface area contributed by atoms with Crippen LogP contribution in [0.3, 0.4) is 0 Å². The maximum absolute atomic E-state index is 12.8. The highest BCUT2D eigenvalue weighted by Crippen LogP contribution is 2.52. The van der Waals surface area contributed by atoms with Gasteiger partial charge in [-0.05, 0) is 43.0 Å². The van der Waals surface area contributed by atoms with E-state index in [9.17, 15) is 4.57 Å². The summed E-state index contributed by atoms with van der Waals surface area (Å²) in [5.41, 5.74) is 3.64. The highest BCUT2D eigenvalue weighted by Gasteiger charge is 2.36. The zero-order valence-electron chi connectivity index (χ0n) is 24.9. The Kier molecular flexibility index (Phi) is 12.9. The third-order valence-corrected chi connectivity index (χ3v) is 8.33. The van der Waals surface area contributed by atoms with Crippen LogP contribution in [0, 0.1) is 6.92 Å². The highest BCUT2D eigenvalue weighted by atomic mass is 31.2. The van der Waals surface area contributed by atoms with Crippen LogP contribution in [0.4, 0.5) is 0 Å². The molecule has 0 radical (unpaired) electrons. The molecule has 0 bridgehead atoms. The second-order valence-electron chi connectivity index (χ2n) is 9.88. The number of unbranched alkanes of at least 4 members (excludes halogenated alkanes) is 2. The lowest BCUT2D eigenvalue weighted by Crippen LogP contribution is -2.32. The Morgan fingerprint density at radius 1 is 0.846 bits per heavy atom. The molecule has 0 heterocycles. The molecule has 0 aliphatic heterocycles. The van der Waals surface area contributed by atoms with Crippen molar-refractivity contribution < 1.29 is 41.2 Å². The molecule has 0 saturated heterocycles. The number of aryl methyl sites for hydroxylation is 2. The first kappa shape index (κ1) is 33.7. The van der Waals surface area contributed by atoms with Crippen LogP contribution in [0.25, 0.3) is 11.1 Å². The van der Waals surface area contributed by atoms with Crippen molar-refractivity contribution in [3.8, 4) is 22.6 Å². The molecule has 220 valence electrons. The molecule has 0 fully saturated rings. The van der Waals surface area contributed by atoms with Gasteiger partial charge in [-0.15, -0.1) is 0 Å². The summed E-state index contributed by atoms with van der Waals surface area (Å²) < 4.78 is 58.0. The Hall–Kier alpha value is -1.54. The smallest absolute Gasteiger partial charge is 0.462 e. The van der Waals surface area contributed by atoms with Crippen molar-refractivity contribution in [2.75, 3.05) is 28.4 Å². The number of hydrogen-bond donors (Lipinski definition) is 0. The van der Waals surface area contributed by atoms with Crippen LogP contribution in [0.15, 0.2) is 36.4 Å². The van der Waals surface area contributed by atoms with Gasteiger partial charge in [0.25, 0.3) is 0 Å². The summed E-state index contributed by atoms with van der Waals surface area (Å²) in [7, 11) is 0.104. The summed E-state index contributed by atoms with van der Waals surface area (Å²) in [6, 6.07) is 12.0. The van der Waals surface area contributed by atoms with Gasteiger partial charge in [0, 0.05) is 56.1 Å². The molecule has 0 unspecified atom stereocenters. The molecule has 0 N–H and O–H groups in total. The average Bonchev–Trinajstić information content (AvgIpc) is 2.86. The largest absolute Gasteiger partial charge is 0.477 e. The zero-order chi connectivity index (χ0) is 29.3. The van der Waals surface area contributed by atoms with Gasteiger partial charge in [-0.1, -0.05) is 49.6 Å². The lowest BCUT2D eigenvalue weighted by atomic mass is 9.97. The summed E-state index contributed by atoms with van der Waals surface area (Å²) in [5.74, 6) is -1.45. The van der Waals surface area contributed by atoms with E-state index < -0.39 is 28.0 Å². The van der Waals surface area contributed by atoms with Crippen molar-refractivity contribution in [1.29, 1.82) is 0 Å². The number of phosphoric ester groups is 1. The Morgan fingerprint density at radius 2 is 1.44 bits per heavy atom. The average molecular weight is 587 g/mol. The zero-order valence-corrected chi connectivity index (χ0v) is 26.7. The number of phosphoric acid groups is 1. The second kappa shape index (κ2) is 14.9. The predicted molar refractivity (Wildman–Crippen MR) is 154 cm³/mol. The Morgan fingerprint density at radius 3 is 1.95 bits per heavy atom. The molecule has 2 aromatic rings. The van der Waals surface area contributed by atoms with Crippen molar-refractivity contribution in [2.24, 2.45) is 0 Å². The molecule has 0 aliphatic carbocycles. The predicted octanol–water partition coefficient (Wildman–Crippen LogP) is 8.58. The minimum Gasteiger partial charge on any atom is -0.462 e. The van der Waals surface area contributed by atoms with Crippen molar-refractivity contribution in [2.45, 2.75) is 78.8 Å². The molecule has 11 heteroatoms. The topological polar surface area (TPSA) is 90.9 Å². The van der Waals surface area contributed by atoms with E-state index in [0.717, 1.165) is 42.4 Å². The fourth-order valence-corrected chi connectivity index (χ4v) is 5.50. The van der Waals surface area contributed by atoms with Gasteiger partial charge in [0.1, 0.15) is 11.5 Å². The third-order valence-electron chi connectivity index (χ3n) is 5.58. The molecule has 2 aromatic carbocycles. The van der Waals surface area contributed by atoms with Crippen LogP contribution in [-0.2, 0) is 38.1 Å².